The fourth-order valence-corrected chi connectivity index (χ4v) is 5.73. The van der Waals surface area contributed by atoms with E-state index in [1.54, 1.807) is 0 Å². The summed E-state index contributed by atoms with van der Waals surface area (Å²) >= 11 is 2.06. The number of rotatable bonds is 2. The maximum Gasteiger partial charge on any atom is 0.0783 e. The highest BCUT2D eigenvalue weighted by atomic mass is 32.2. The van der Waals surface area contributed by atoms with E-state index in [1.165, 1.54) is 50.0 Å². The highest BCUT2D eigenvalue weighted by Gasteiger charge is 2.44. The Balaban J connectivity index is 1.64. The normalized spacial score (nSPS) is 46.7. The third-order valence-corrected chi connectivity index (χ3v) is 6.79. The standard InChI is InChI=1S/C15H27NOS/c1-11-3-2-4-13(11)14(16)12-5-7-17-15(9-12)6-8-18-10-15/h11-14H,2-10,16H2,1H3. The van der Waals surface area contributed by atoms with E-state index in [-0.39, 0.29) is 5.60 Å². The second kappa shape index (κ2) is 5.34. The minimum absolute atomic E-state index is 0.201. The molecule has 2 saturated heterocycles. The lowest BCUT2D eigenvalue weighted by atomic mass is 9.75. The predicted octanol–water partition coefficient (Wildman–Crippen LogP) is 3.05. The van der Waals surface area contributed by atoms with Gasteiger partial charge in [-0.2, -0.15) is 11.8 Å². The lowest BCUT2D eigenvalue weighted by molar-refractivity contribution is -0.0866. The average molecular weight is 269 g/mol. The monoisotopic (exact) mass is 269 g/mol. The van der Waals surface area contributed by atoms with Crippen LogP contribution >= 0.6 is 11.8 Å². The zero-order valence-electron chi connectivity index (χ0n) is 11.6. The Morgan fingerprint density at radius 2 is 2.22 bits per heavy atom. The fourth-order valence-electron chi connectivity index (χ4n) is 4.35. The van der Waals surface area contributed by atoms with Crippen LogP contribution in [0.25, 0.3) is 0 Å². The molecule has 0 radical (unpaired) electrons. The van der Waals surface area contributed by atoms with Gasteiger partial charge in [0.05, 0.1) is 5.60 Å². The summed E-state index contributed by atoms with van der Waals surface area (Å²) in [5.41, 5.74) is 6.83. The van der Waals surface area contributed by atoms with Gasteiger partial charge < -0.3 is 10.5 Å². The lowest BCUT2D eigenvalue weighted by Gasteiger charge is -2.42. The van der Waals surface area contributed by atoms with Crippen molar-refractivity contribution in [1.29, 1.82) is 0 Å². The first kappa shape index (κ1) is 13.3. The summed E-state index contributed by atoms with van der Waals surface area (Å²) < 4.78 is 6.12. The molecule has 2 N–H and O–H groups in total. The molecule has 3 heteroatoms. The van der Waals surface area contributed by atoms with Crippen molar-refractivity contribution < 1.29 is 4.74 Å². The molecule has 0 aromatic heterocycles. The highest BCUT2D eigenvalue weighted by molar-refractivity contribution is 7.99. The smallest absolute Gasteiger partial charge is 0.0783 e. The lowest BCUT2D eigenvalue weighted by Crippen LogP contribution is -2.48. The average Bonchev–Trinajstić information content (AvgIpc) is 2.98. The van der Waals surface area contributed by atoms with Crippen molar-refractivity contribution in [2.24, 2.45) is 23.5 Å². The summed E-state index contributed by atoms with van der Waals surface area (Å²) in [5, 5.41) is 0. The van der Waals surface area contributed by atoms with Crippen LogP contribution in [0, 0.1) is 17.8 Å². The molecule has 2 heterocycles. The van der Waals surface area contributed by atoms with Crippen LogP contribution in [0.1, 0.15) is 45.4 Å². The van der Waals surface area contributed by atoms with Crippen molar-refractivity contribution in [2.75, 3.05) is 18.1 Å². The molecule has 0 aromatic rings. The largest absolute Gasteiger partial charge is 0.374 e. The molecule has 3 rings (SSSR count). The van der Waals surface area contributed by atoms with Crippen molar-refractivity contribution in [3.63, 3.8) is 0 Å². The Bertz CT molecular complexity index is 290. The van der Waals surface area contributed by atoms with Gasteiger partial charge in [0.25, 0.3) is 0 Å². The maximum absolute atomic E-state index is 6.63. The number of ether oxygens (including phenoxy) is 1. The molecule has 3 aliphatic rings. The highest BCUT2D eigenvalue weighted by Crippen LogP contribution is 2.44. The summed E-state index contributed by atoms with van der Waals surface area (Å²) in [6, 6.07) is 0.425. The first-order valence-corrected chi connectivity index (χ1v) is 8.83. The van der Waals surface area contributed by atoms with Gasteiger partial charge in [0.1, 0.15) is 0 Å². The van der Waals surface area contributed by atoms with Crippen LogP contribution in [0.2, 0.25) is 0 Å². The van der Waals surface area contributed by atoms with Gasteiger partial charge in [0.2, 0.25) is 0 Å². The van der Waals surface area contributed by atoms with Crippen LogP contribution in [0.3, 0.4) is 0 Å². The van der Waals surface area contributed by atoms with E-state index in [0.29, 0.717) is 12.0 Å². The van der Waals surface area contributed by atoms with Gasteiger partial charge in [-0.1, -0.05) is 19.8 Å². The van der Waals surface area contributed by atoms with Gasteiger partial charge in [0.15, 0.2) is 0 Å². The Hall–Kier alpha value is 0.270. The summed E-state index contributed by atoms with van der Waals surface area (Å²) in [5.74, 6) is 4.82. The van der Waals surface area contributed by atoms with Gasteiger partial charge in [-0.15, -0.1) is 0 Å². The minimum Gasteiger partial charge on any atom is -0.374 e. The van der Waals surface area contributed by atoms with E-state index in [9.17, 15) is 0 Å². The van der Waals surface area contributed by atoms with Gasteiger partial charge in [-0.3, -0.25) is 0 Å². The summed E-state index contributed by atoms with van der Waals surface area (Å²) in [4.78, 5) is 0. The molecule has 0 amide bonds. The van der Waals surface area contributed by atoms with E-state index in [4.69, 9.17) is 10.5 Å². The van der Waals surface area contributed by atoms with Crippen LogP contribution in [0.5, 0.6) is 0 Å². The molecule has 1 spiro atoms. The Labute approximate surface area is 115 Å². The molecule has 104 valence electrons. The quantitative estimate of drug-likeness (QED) is 0.837. The van der Waals surface area contributed by atoms with Crippen LogP contribution in [-0.4, -0.2) is 29.8 Å². The van der Waals surface area contributed by atoms with Crippen LogP contribution in [0.15, 0.2) is 0 Å². The molecule has 18 heavy (non-hydrogen) atoms. The molecular weight excluding hydrogens is 242 g/mol. The minimum atomic E-state index is 0.201. The SMILES string of the molecule is CC1CCCC1C(N)C1CCOC2(CCSC2)C1. The van der Waals surface area contributed by atoms with Crippen LogP contribution < -0.4 is 5.73 Å². The number of hydrogen-bond donors (Lipinski definition) is 1. The van der Waals surface area contributed by atoms with E-state index < -0.39 is 0 Å². The van der Waals surface area contributed by atoms with Gasteiger partial charge >= 0.3 is 0 Å². The summed E-state index contributed by atoms with van der Waals surface area (Å²) in [6.07, 6.45) is 7.82. The topological polar surface area (TPSA) is 35.2 Å². The summed E-state index contributed by atoms with van der Waals surface area (Å²) in [6.45, 7) is 3.35. The third kappa shape index (κ3) is 2.46. The summed E-state index contributed by atoms with van der Waals surface area (Å²) in [7, 11) is 0. The van der Waals surface area contributed by atoms with Crippen molar-refractivity contribution >= 4 is 11.8 Å². The molecule has 3 fully saturated rings. The van der Waals surface area contributed by atoms with E-state index in [2.05, 4.69) is 18.7 Å². The molecule has 1 saturated carbocycles. The maximum atomic E-state index is 6.63. The molecule has 1 aliphatic carbocycles. The first-order chi connectivity index (χ1) is 8.70. The Morgan fingerprint density at radius 1 is 1.33 bits per heavy atom. The van der Waals surface area contributed by atoms with Crippen molar-refractivity contribution in [1.82, 2.24) is 0 Å². The Kier molecular flexibility index (Phi) is 3.93. The first-order valence-electron chi connectivity index (χ1n) is 7.67. The van der Waals surface area contributed by atoms with Crippen molar-refractivity contribution in [2.45, 2.75) is 57.1 Å². The van der Waals surface area contributed by atoms with E-state index >= 15 is 0 Å². The number of nitrogens with two attached hydrogens (primary N) is 1. The van der Waals surface area contributed by atoms with Gasteiger partial charge in [-0.05, 0) is 49.2 Å². The van der Waals surface area contributed by atoms with E-state index in [1.807, 2.05) is 0 Å². The number of hydrogen-bond acceptors (Lipinski definition) is 3. The number of thioether (sulfide) groups is 1. The van der Waals surface area contributed by atoms with Crippen LogP contribution in [-0.2, 0) is 4.74 Å². The second-order valence-corrected chi connectivity index (χ2v) is 7.84. The zero-order valence-corrected chi connectivity index (χ0v) is 12.4. The fraction of sp³-hybridized carbons (Fsp3) is 1.00. The molecule has 0 aromatic carbocycles. The van der Waals surface area contributed by atoms with Gasteiger partial charge in [-0.25, -0.2) is 0 Å². The molecule has 0 bridgehead atoms. The van der Waals surface area contributed by atoms with Crippen LogP contribution in [0.4, 0.5) is 0 Å². The Morgan fingerprint density at radius 3 is 2.89 bits per heavy atom. The molecule has 2 aliphatic heterocycles. The van der Waals surface area contributed by atoms with Gasteiger partial charge in [0, 0.05) is 18.4 Å². The zero-order chi connectivity index (χ0) is 12.6. The van der Waals surface area contributed by atoms with Crippen molar-refractivity contribution in [3.8, 4) is 0 Å². The predicted molar refractivity (Wildman–Crippen MR) is 77.8 cm³/mol. The van der Waals surface area contributed by atoms with E-state index in [0.717, 1.165) is 18.4 Å². The molecular formula is C15H27NOS. The second-order valence-electron chi connectivity index (χ2n) is 6.74. The molecule has 5 atom stereocenters. The third-order valence-electron chi connectivity index (χ3n) is 5.56. The molecule has 5 unspecified atom stereocenters. The van der Waals surface area contributed by atoms with Crippen molar-refractivity contribution in [3.05, 3.63) is 0 Å². The molecule has 2 nitrogen and oxygen atoms in total.